The molecule has 0 amide bonds. The zero-order valence-electron chi connectivity index (χ0n) is 11.2. The topological polar surface area (TPSA) is 26.3 Å². The highest BCUT2D eigenvalue weighted by atomic mass is 19.4. The third-order valence-corrected chi connectivity index (χ3v) is 2.91. The van der Waals surface area contributed by atoms with Gasteiger partial charge in [-0.1, -0.05) is 24.3 Å². The molecule has 0 saturated heterocycles. The molecule has 2 rings (SSSR count). The van der Waals surface area contributed by atoms with Crippen molar-refractivity contribution in [3.05, 3.63) is 53.6 Å². The second-order valence-corrected chi connectivity index (χ2v) is 4.49. The van der Waals surface area contributed by atoms with E-state index in [0.29, 0.717) is 0 Å². The van der Waals surface area contributed by atoms with Crippen LogP contribution in [0.3, 0.4) is 0 Å². The minimum absolute atomic E-state index is 0.0902. The molecule has 0 heterocycles. The normalized spacial score (nSPS) is 12.1. The Kier molecular flexibility index (Phi) is 4.35. The number of carbonyl (C=O) groups is 1. The number of halogens is 6. The second kappa shape index (κ2) is 5.94. The van der Waals surface area contributed by atoms with Crippen LogP contribution in [0.1, 0.15) is 15.9 Å². The van der Waals surface area contributed by atoms with Crippen LogP contribution in [0.25, 0.3) is 11.1 Å². The number of alkyl halides is 6. The largest absolute Gasteiger partial charge is 0.573 e. The number of ether oxygens (including phenoxy) is 1. The highest BCUT2D eigenvalue weighted by Gasteiger charge is 2.34. The van der Waals surface area contributed by atoms with E-state index < -0.39 is 29.4 Å². The average Bonchev–Trinajstić information content (AvgIpc) is 2.45. The number of rotatable bonds is 3. The van der Waals surface area contributed by atoms with Gasteiger partial charge in [0.2, 0.25) is 0 Å². The van der Waals surface area contributed by atoms with Gasteiger partial charge in [0.05, 0.1) is 5.56 Å². The summed E-state index contributed by atoms with van der Waals surface area (Å²) < 4.78 is 78.5. The zero-order valence-corrected chi connectivity index (χ0v) is 11.2. The van der Waals surface area contributed by atoms with Gasteiger partial charge in [-0.25, -0.2) is 0 Å². The molecule has 0 aromatic heterocycles. The summed E-state index contributed by atoms with van der Waals surface area (Å²) >= 11 is 0. The molecule has 2 aromatic rings. The van der Waals surface area contributed by atoms with E-state index in [1.807, 2.05) is 0 Å². The van der Waals surface area contributed by atoms with Crippen LogP contribution >= 0.6 is 0 Å². The van der Waals surface area contributed by atoms with Crippen LogP contribution in [-0.4, -0.2) is 12.6 Å². The summed E-state index contributed by atoms with van der Waals surface area (Å²) in [5, 5.41) is 0. The zero-order chi connectivity index (χ0) is 17.3. The van der Waals surface area contributed by atoms with Gasteiger partial charge in [0.25, 0.3) is 0 Å². The summed E-state index contributed by atoms with van der Waals surface area (Å²) in [5.41, 5.74) is -1.26. The van der Waals surface area contributed by atoms with Crippen LogP contribution in [-0.2, 0) is 6.18 Å². The van der Waals surface area contributed by atoms with Crippen LogP contribution in [0.2, 0.25) is 0 Å². The van der Waals surface area contributed by atoms with Crippen LogP contribution in [0, 0.1) is 0 Å². The van der Waals surface area contributed by atoms with Crippen molar-refractivity contribution >= 4 is 6.29 Å². The van der Waals surface area contributed by atoms with Gasteiger partial charge in [-0.15, -0.1) is 13.2 Å². The molecule has 2 nitrogen and oxygen atoms in total. The predicted octanol–water partition coefficient (Wildman–Crippen LogP) is 5.08. The summed E-state index contributed by atoms with van der Waals surface area (Å²) in [6, 6.07) is 7.41. The van der Waals surface area contributed by atoms with E-state index in [1.54, 1.807) is 0 Å². The Labute approximate surface area is 126 Å². The van der Waals surface area contributed by atoms with Gasteiger partial charge in [0, 0.05) is 5.56 Å². The molecule has 0 aliphatic rings. The van der Waals surface area contributed by atoms with E-state index >= 15 is 0 Å². The van der Waals surface area contributed by atoms with Crippen molar-refractivity contribution in [2.24, 2.45) is 0 Å². The lowest BCUT2D eigenvalue weighted by Gasteiger charge is -2.12. The quantitative estimate of drug-likeness (QED) is 0.578. The first-order valence-electron chi connectivity index (χ1n) is 6.13. The lowest BCUT2D eigenvalue weighted by molar-refractivity contribution is -0.274. The molecule has 0 radical (unpaired) electrons. The molecule has 2 aromatic carbocycles. The van der Waals surface area contributed by atoms with Gasteiger partial charge in [0.1, 0.15) is 5.75 Å². The van der Waals surface area contributed by atoms with Crippen LogP contribution in [0.15, 0.2) is 42.5 Å². The summed E-state index contributed by atoms with van der Waals surface area (Å²) in [4.78, 5) is 10.7. The fraction of sp³-hybridized carbons (Fsp3) is 0.133. The summed E-state index contributed by atoms with van der Waals surface area (Å²) in [7, 11) is 0. The number of hydrogen-bond donors (Lipinski definition) is 0. The SMILES string of the molecule is O=Cc1ccc(-c2ccc(OC(F)(F)F)cc2)cc1C(F)(F)F. The third kappa shape index (κ3) is 4.24. The Morgan fingerprint density at radius 3 is 1.87 bits per heavy atom. The number of benzene rings is 2. The first-order chi connectivity index (χ1) is 10.6. The van der Waals surface area contributed by atoms with Gasteiger partial charge in [-0.05, 0) is 29.3 Å². The summed E-state index contributed by atoms with van der Waals surface area (Å²) in [6.07, 6.45) is -9.48. The molecule has 122 valence electrons. The molecule has 0 spiro atoms. The standard InChI is InChI=1S/C15H8F6O2/c16-14(17,18)13-7-10(1-2-11(13)8-22)9-3-5-12(6-4-9)23-15(19,20)21/h1-8H. The molecular weight excluding hydrogens is 326 g/mol. The predicted molar refractivity (Wildman–Crippen MR) is 69.0 cm³/mol. The molecule has 0 fully saturated rings. The molecule has 0 bridgehead atoms. The molecule has 0 unspecified atom stereocenters. The van der Waals surface area contributed by atoms with E-state index in [4.69, 9.17) is 0 Å². The number of carbonyl (C=O) groups excluding carboxylic acids is 1. The van der Waals surface area contributed by atoms with Crippen molar-refractivity contribution in [2.45, 2.75) is 12.5 Å². The Hall–Kier alpha value is -2.51. The smallest absolute Gasteiger partial charge is 0.406 e. The van der Waals surface area contributed by atoms with Gasteiger partial charge in [-0.3, -0.25) is 4.79 Å². The first kappa shape index (κ1) is 16.9. The number of hydrogen-bond acceptors (Lipinski definition) is 2. The highest BCUT2D eigenvalue weighted by Crippen LogP contribution is 2.35. The molecule has 23 heavy (non-hydrogen) atoms. The summed E-state index contributed by atoms with van der Waals surface area (Å²) in [6.45, 7) is 0. The van der Waals surface area contributed by atoms with Crippen molar-refractivity contribution in [3.8, 4) is 16.9 Å². The van der Waals surface area contributed by atoms with Crippen molar-refractivity contribution in [2.75, 3.05) is 0 Å². The van der Waals surface area contributed by atoms with Gasteiger partial charge in [-0.2, -0.15) is 13.2 Å². The fourth-order valence-electron chi connectivity index (χ4n) is 1.93. The number of aldehydes is 1. The molecule has 0 saturated carbocycles. The molecule has 8 heteroatoms. The Morgan fingerprint density at radius 1 is 0.826 bits per heavy atom. The van der Waals surface area contributed by atoms with E-state index in [9.17, 15) is 31.1 Å². The van der Waals surface area contributed by atoms with E-state index in [0.717, 1.165) is 24.3 Å². The third-order valence-electron chi connectivity index (χ3n) is 2.91. The minimum Gasteiger partial charge on any atom is -0.406 e. The van der Waals surface area contributed by atoms with Crippen LogP contribution in [0.4, 0.5) is 26.3 Å². The average molecular weight is 334 g/mol. The van der Waals surface area contributed by atoms with Gasteiger partial charge in [0.15, 0.2) is 6.29 Å². The monoisotopic (exact) mass is 334 g/mol. The van der Waals surface area contributed by atoms with E-state index in [1.165, 1.54) is 18.2 Å². The lowest BCUT2D eigenvalue weighted by Crippen LogP contribution is -2.16. The van der Waals surface area contributed by atoms with Crippen molar-refractivity contribution in [1.82, 2.24) is 0 Å². The van der Waals surface area contributed by atoms with Crippen LogP contribution in [0.5, 0.6) is 5.75 Å². The van der Waals surface area contributed by atoms with Gasteiger partial charge < -0.3 is 4.74 Å². The van der Waals surface area contributed by atoms with Crippen molar-refractivity contribution in [1.29, 1.82) is 0 Å². The molecule has 0 N–H and O–H groups in total. The van der Waals surface area contributed by atoms with Crippen LogP contribution < -0.4 is 4.74 Å². The minimum atomic E-state index is -4.85. The van der Waals surface area contributed by atoms with E-state index in [2.05, 4.69) is 4.74 Å². The maximum absolute atomic E-state index is 12.9. The molecule has 0 atom stereocenters. The second-order valence-electron chi connectivity index (χ2n) is 4.49. The summed E-state index contributed by atoms with van der Waals surface area (Å²) in [5.74, 6) is -0.484. The Morgan fingerprint density at radius 2 is 1.39 bits per heavy atom. The lowest BCUT2D eigenvalue weighted by atomic mass is 9.99. The maximum atomic E-state index is 12.9. The molecular formula is C15H8F6O2. The first-order valence-corrected chi connectivity index (χ1v) is 6.13. The Bertz CT molecular complexity index is 701. The van der Waals surface area contributed by atoms with Crippen molar-refractivity contribution < 1.29 is 35.9 Å². The Balaban J connectivity index is 2.37. The van der Waals surface area contributed by atoms with Gasteiger partial charge >= 0.3 is 12.5 Å². The fourth-order valence-corrected chi connectivity index (χ4v) is 1.93. The molecule has 0 aliphatic carbocycles. The van der Waals surface area contributed by atoms with Crippen molar-refractivity contribution in [3.63, 3.8) is 0 Å². The van der Waals surface area contributed by atoms with E-state index in [-0.39, 0.29) is 17.4 Å². The highest BCUT2D eigenvalue weighted by molar-refractivity contribution is 5.80. The molecule has 0 aliphatic heterocycles. The maximum Gasteiger partial charge on any atom is 0.573 e.